The molecule has 1 N–H and O–H groups in total. The van der Waals surface area contributed by atoms with Crippen molar-refractivity contribution in [3.8, 4) is 0 Å². The van der Waals surface area contributed by atoms with E-state index in [1.807, 2.05) is 12.1 Å². The van der Waals surface area contributed by atoms with Gasteiger partial charge in [-0.2, -0.15) is 0 Å². The molecule has 2 aromatic rings. The van der Waals surface area contributed by atoms with E-state index in [0.717, 1.165) is 25.2 Å². The number of likely N-dealkylation sites (tertiary alicyclic amines) is 1. The van der Waals surface area contributed by atoms with Gasteiger partial charge in [-0.3, -0.25) is 9.69 Å². The molecule has 136 valence electrons. The third-order valence-corrected chi connectivity index (χ3v) is 4.82. The molecule has 0 spiro atoms. The summed E-state index contributed by atoms with van der Waals surface area (Å²) in [4.78, 5) is 14.5. The third kappa shape index (κ3) is 5.16. The van der Waals surface area contributed by atoms with E-state index in [0.29, 0.717) is 12.1 Å². The van der Waals surface area contributed by atoms with Gasteiger partial charge in [0.15, 0.2) is 0 Å². The van der Waals surface area contributed by atoms with Crippen molar-refractivity contribution in [1.82, 2.24) is 10.2 Å². The molecule has 3 rings (SSSR count). The van der Waals surface area contributed by atoms with Gasteiger partial charge in [0.1, 0.15) is 5.82 Å². The Kier molecular flexibility index (Phi) is 6.42. The van der Waals surface area contributed by atoms with Gasteiger partial charge in [-0.15, -0.1) is 0 Å². The highest BCUT2D eigenvalue weighted by atomic mass is 35.5. The number of rotatable bonds is 6. The molecule has 0 saturated carbocycles. The van der Waals surface area contributed by atoms with Gasteiger partial charge in [0.05, 0.1) is 5.02 Å². The Morgan fingerprint density at radius 3 is 2.62 bits per heavy atom. The summed E-state index contributed by atoms with van der Waals surface area (Å²) in [5, 5.41) is 2.95. The third-order valence-electron chi connectivity index (χ3n) is 4.53. The first-order chi connectivity index (χ1) is 12.6. The number of hydrogen-bond donors (Lipinski definition) is 1. The lowest BCUT2D eigenvalue weighted by atomic mass is 10.1. The van der Waals surface area contributed by atoms with Crippen LogP contribution in [0.3, 0.4) is 0 Å². The summed E-state index contributed by atoms with van der Waals surface area (Å²) >= 11 is 5.74. The van der Waals surface area contributed by atoms with Crippen molar-refractivity contribution in [3.05, 3.63) is 76.1 Å². The van der Waals surface area contributed by atoms with E-state index >= 15 is 0 Å². The molecule has 1 aliphatic heterocycles. The Morgan fingerprint density at radius 1 is 1.15 bits per heavy atom. The van der Waals surface area contributed by atoms with E-state index in [4.69, 9.17) is 11.6 Å². The summed E-state index contributed by atoms with van der Waals surface area (Å²) in [5.74, 6) is -0.663. The number of carbonyl (C=O) groups is 1. The first-order valence-corrected chi connectivity index (χ1v) is 9.20. The minimum absolute atomic E-state index is 0.0448. The largest absolute Gasteiger partial charge is 0.348 e. The van der Waals surface area contributed by atoms with Gasteiger partial charge in [-0.25, -0.2) is 4.39 Å². The molecule has 0 atom stereocenters. The highest BCUT2D eigenvalue weighted by Crippen LogP contribution is 2.17. The van der Waals surface area contributed by atoms with Crippen molar-refractivity contribution >= 4 is 23.6 Å². The number of nitrogens with zero attached hydrogens (tertiary/aromatic N) is 1. The maximum atomic E-state index is 13.2. The molecule has 1 aliphatic rings. The fourth-order valence-corrected chi connectivity index (χ4v) is 3.28. The maximum Gasteiger partial charge on any atom is 0.244 e. The van der Waals surface area contributed by atoms with Gasteiger partial charge < -0.3 is 5.32 Å². The second-order valence-electron chi connectivity index (χ2n) is 6.48. The van der Waals surface area contributed by atoms with Crippen LogP contribution < -0.4 is 5.32 Å². The lowest BCUT2D eigenvalue weighted by Gasteiger charge is -2.17. The zero-order chi connectivity index (χ0) is 18.4. The molecule has 3 nitrogen and oxygen atoms in total. The van der Waals surface area contributed by atoms with Crippen LogP contribution in [0.2, 0.25) is 5.02 Å². The summed E-state index contributed by atoms with van der Waals surface area (Å²) in [6, 6.07) is 12.6. The highest BCUT2D eigenvalue weighted by molar-refractivity contribution is 6.30. The maximum absolute atomic E-state index is 13.2. The second-order valence-corrected chi connectivity index (χ2v) is 6.88. The first kappa shape index (κ1) is 18.6. The number of carbonyl (C=O) groups excluding carboxylic acids is 1. The number of halogens is 2. The quantitative estimate of drug-likeness (QED) is 0.762. The van der Waals surface area contributed by atoms with Gasteiger partial charge in [-0.1, -0.05) is 41.9 Å². The zero-order valence-corrected chi connectivity index (χ0v) is 15.3. The van der Waals surface area contributed by atoms with E-state index < -0.39 is 5.82 Å². The Bertz CT molecular complexity index is 800. The SMILES string of the molecule is O=C(/C=C/c1ccc(F)c(Cl)c1)NCc1ccccc1CN1CCCC1. The van der Waals surface area contributed by atoms with Crippen molar-refractivity contribution in [3.63, 3.8) is 0 Å². The Balaban J connectivity index is 1.57. The average Bonchev–Trinajstić information content (AvgIpc) is 3.15. The molecule has 0 aliphatic carbocycles. The molecule has 0 aromatic heterocycles. The van der Waals surface area contributed by atoms with Gasteiger partial charge in [-0.05, 0) is 60.8 Å². The summed E-state index contributed by atoms with van der Waals surface area (Å²) in [5.41, 5.74) is 3.07. The van der Waals surface area contributed by atoms with E-state index in [-0.39, 0.29) is 10.9 Å². The lowest BCUT2D eigenvalue weighted by molar-refractivity contribution is -0.116. The topological polar surface area (TPSA) is 32.3 Å². The van der Waals surface area contributed by atoms with Crippen LogP contribution in [0.4, 0.5) is 4.39 Å². The molecule has 2 aromatic carbocycles. The predicted molar refractivity (Wildman–Crippen MR) is 103 cm³/mol. The van der Waals surface area contributed by atoms with Gasteiger partial charge in [0.2, 0.25) is 5.91 Å². The standard InChI is InChI=1S/C21H22ClFN2O/c22-19-13-16(7-9-20(19)23)8-10-21(26)24-14-17-5-1-2-6-18(17)15-25-11-3-4-12-25/h1-2,5-10,13H,3-4,11-12,14-15H2,(H,24,26)/b10-8+. The van der Waals surface area contributed by atoms with Gasteiger partial charge in [0, 0.05) is 19.2 Å². The molecule has 5 heteroatoms. The lowest BCUT2D eigenvalue weighted by Crippen LogP contribution is -2.23. The normalized spacial score (nSPS) is 14.8. The molecule has 1 heterocycles. The molecule has 0 bridgehead atoms. The van der Waals surface area contributed by atoms with Crippen molar-refractivity contribution in [1.29, 1.82) is 0 Å². The monoisotopic (exact) mass is 372 g/mol. The molecule has 1 saturated heterocycles. The molecule has 0 radical (unpaired) electrons. The molecule has 1 fully saturated rings. The van der Waals surface area contributed by atoms with Crippen LogP contribution in [-0.4, -0.2) is 23.9 Å². The number of amides is 1. The van der Waals surface area contributed by atoms with Crippen molar-refractivity contribution in [2.75, 3.05) is 13.1 Å². The van der Waals surface area contributed by atoms with Gasteiger partial charge >= 0.3 is 0 Å². The average molecular weight is 373 g/mol. The van der Waals surface area contributed by atoms with Crippen LogP contribution in [0.15, 0.2) is 48.5 Å². The number of benzene rings is 2. The van der Waals surface area contributed by atoms with Crippen LogP contribution in [0.5, 0.6) is 0 Å². The molecular formula is C21H22ClFN2O. The second kappa shape index (κ2) is 8.97. The zero-order valence-electron chi connectivity index (χ0n) is 14.6. The van der Waals surface area contributed by atoms with E-state index in [1.54, 1.807) is 12.1 Å². The number of hydrogen-bond acceptors (Lipinski definition) is 2. The Morgan fingerprint density at radius 2 is 1.88 bits per heavy atom. The van der Waals surface area contributed by atoms with Crippen molar-refractivity contribution < 1.29 is 9.18 Å². The van der Waals surface area contributed by atoms with Crippen LogP contribution in [0.25, 0.3) is 6.08 Å². The summed E-state index contributed by atoms with van der Waals surface area (Å²) in [6.45, 7) is 3.70. The Labute approximate surface area is 158 Å². The minimum atomic E-state index is -0.470. The van der Waals surface area contributed by atoms with Crippen molar-refractivity contribution in [2.45, 2.75) is 25.9 Å². The van der Waals surface area contributed by atoms with E-state index in [1.165, 1.54) is 36.6 Å². The predicted octanol–water partition coefficient (Wildman–Crippen LogP) is 4.40. The minimum Gasteiger partial charge on any atom is -0.348 e. The summed E-state index contributed by atoms with van der Waals surface area (Å²) < 4.78 is 13.2. The smallest absolute Gasteiger partial charge is 0.244 e. The highest BCUT2D eigenvalue weighted by Gasteiger charge is 2.13. The van der Waals surface area contributed by atoms with Crippen LogP contribution in [0.1, 0.15) is 29.5 Å². The first-order valence-electron chi connectivity index (χ1n) is 8.82. The fraction of sp³-hybridized carbons (Fsp3) is 0.286. The van der Waals surface area contributed by atoms with Crippen molar-refractivity contribution in [2.24, 2.45) is 0 Å². The van der Waals surface area contributed by atoms with Crippen LogP contribution in [0, 0.1) is 5.82 Å². The number of nitrogens with one attached hydrogen (secondary N) is 1. The molecular weight excluding hydrogens is 351 g/mol. The van der Waals surface area contributed by atoms with E-state index in [2.05, 4.69) is 22.3 Å². The van der Waals surface area contributed by atoms with E-state index in [9.17, 15) is 9.18 Å². The fourth-order valence-electron chi connectivity index (χ4n) is 3.10. The molecule has 26 heavy (non-hydrogen) atoms. The van der Waals surface area contributed by atoms with Gasteiger partial charge in [0.25, 0.3) is 0 Å². The van der Waals surface area contributed by atoms with Crippen LogP contribution in [-0.2, 0) is 17.9 Å². The summed E-state index contributed by atoms with van der Waals surface area (Å²) in [7, 11) is 0. The van der Waals surface area contributed by atoms with Crippen LogP contribution >= 0.6 is 11.6 Å². The molecule has 0 unspecified atom stereocenters. The Hall–Kier alpha value is -2.17. The summed E-state index contributed by atoms with van der Waals surface area (Å²) in [6.07, 6.45) is 5.58. The molecule has 1 amide bonds.